The molecule has 2 fully saturated rings. The second kappa shape index (κ2) is 9.62. The molecule has 3 aliphatic rings. The number of urea groups is 1. The van der Waals surface area contributed by atoms with Crippen LogP contribution >= 0.6 is 0 Å². The predicted molar refractivity (Wildman–Crippen MR) is 128 cm³/mol. The van der Waals surface area contributed by atoms with E-state index in [0.717, 1.165) is 50.4 Å². The van der Waals surface area contributed by atoms with Crippen LogP contribution in [0.3, 0.4) is 0 Å². The summed E-state index contributed by atoms with van der Waals surface area (Å²) in [6.07, 6.45) is 2.24. The zero-order chi connectivity index (χ0) is 24.7. The Bertz CT molecular complexity index is 1080. The van der Waals surface area contributed by atoms with Crippen molar-refractivity contribution in [2.45, 2.75) is 65.2 Å². The number of fused-ring (bicyclic) bond motifs is 1. The molecule has 0 aliphatic carbocycles. The Kier molecular flexibility index (Phi) is 6.54. The average Bonchev–Trinajstić information content (AvgIpc) is 3.53. The number of anilines is 1. The summed E-state index contributed by atoms with van der Waals surface area (Å²) >= 11 is 0. The standard InChI is InChI=1S/C24H35N7O4/c1-14-11-30(15(2)10-29(14)12-18-5-7-34-8-6-18)24(33)31-13-19-21(17(31)4)26-27-22(19)25-23(32)20-9-16(3)35-28-20/h9,14-15,17-18H,5-8,10-13H2,1-4H3,(H2,25,26,27,32)/t14-,15+,17?/m1/s1. The number of hydrogen-bond donors (Lipinski definition) is 2. The minimum Gasteiger partial charge on any atom is -0.381 e. The number of amides is 3. The van der Waals surface area contributed by atoms with Gasteiger partial charge in [-0.2, -0.15) is 5.10 Å². The third-order valence-corrected chi connectivity index (χ3v) is 7.65. The van der Waals surface area contributed by atoms with E-state index in [1.54, 1.807) is 13.0 Å². The lowest BCUT2D eigenvalue weighted by atomic mass is 9.97. The number of nitrogens with zero attached hydrogens (tertiary/aromatic N) is 5. The van der Waals surface area contributed by atoms with Crippen LogP contribution in [0.2, 0.25) is 0 Å². The minimum atomic E-state index is -0.392. The molecule has 35 heavy (non-hydrogen) atoms. The minimum absolute atomic E-state index is 0.0246. The number of hydrogen-bond acceptors (Lipinski definition) is 7. The Balaban J connectivity index is 1.23. The molecule has 0 radical (unpaired) electrons. The van der Waals surface area contributed by atoms with Crippen molar-refractivity contribution in [2.75, 3.05) is 38.2 Å². The van der Waals surface area contributed by atoms with Gasteiger partial charge in [0.25, 0.3) is 5.91 Å². The smallest absolute Gasteiger partial charge is 0.321 e. The number of aromatic amines is 1. The first-order valence-corrected chi connectivity index (χ1v) is 12.5. The predicted octanol–water partition coefficient (Wildman–Crippen LogP) is 2.78. The normalized spacial score (nSPS) is 25.7. The molecule has 3 atom stereocenters. The van der Waals surface area contributed by atoms with Gasteiger partial charge in [0.2, 0.25) is 0 Å². The highest BCUT2D eigenvalue weighted by Crippen LogP contribution is 2.37. The van der Waals surface area contributed by atoms with Crippen LogP contribution in [0.5, 0.6) is 0 Å². The molecule has 11 heteroatoms. The van der Waals surface area contributed by atoms with E-state index in [0.29, 0.717) is 36.6 Å². The number of ether oxygens (including phenoxy) is 1. The molecule has 0 bridgehead atoms. The third kappa shape index (κ3) is 4.66. The molecule has 3 aliphatic heterocycles. The number of piperazine rings is 1. The van der Waals surface area contributed by atoms with Crippen LogP contribution in [0.4, 0.5) is 10.6 Å². The van der Waals surface area contributed by atoms with E-state index in [-0.39, 0.29) is 23.8 Å². The lowest BCUT2D eigenvalue weighted by Gasteiger charge is -2.46. The maximum absolute atomic E-state index is 13.7. The first-order chi connectivity index (χ1) is 16.8. The highest BCUT2D eigenvalue weighted by Gasteiger charge is 2.41. The van der Waals surface area contributed by atoms with E-state index in [1.165, 1.54) is 0 Å². The van der Waals surface area contributed by atoms with Crippen molar-refractivity contribution in [2.24, 2.45) is 5.92 Å². The van der Waals surface area contributed by atoms with Crippen molar-refractivity contribution in [1.29, 1.82) is 0 Å². The molecule has 2 aromatic heterocycles. The second-order valence-corrected chi connectivity index (χ2v) is 10.2. The first kappa shape index (κ1) is 23.8. The average molecular weight is 486 g/mol. The number of carbonyl (C=O) groups is 2. The molecule has 2 N–H and O–H groups in total. The van der Waals surface area contributed by atoms with Crippen LogP contribution in [-0.2, 0) is 11.3 Å². The van der Waals surface area contributed by atoms with Gasteiger partial charge < -0.3 is 24.4 Å². The van der Waals surface area contributed by atoms with Gasteiger partial charge in [-0.25, -0.2) is 4.79 Å². The summed E-state index contributed by atoms with van der Waals surface area (Å²) in [5, 5.41) is 13.9. The molecule has 190 valence electrons. The van der Waals surface area contributed by atoms with Gasteiger partial charge in [0.15, 0.2) is 11.5 Å². The van der Waals surface area contributed by atoms with Gasteiger partial charge in [-0.05, 0) is 46.5 Å². The van der Waals surface area contributed by atoms with Crippen LogP contribution in [0.15, 0.2) is 10.6 Å². The van der Waals surface area contributed by atoms with Crippen LogP contribution < -0.4 is 5.32 Å². The fraction of sp³-hybridized carbons (Fsp3) is 0.667. The lowest BCUT2D eigenvalue weighted by Crippen LogP contribution is -2.60. The molecule has 5 heterocycles. The number of aromatic nitrogens is 3. The van der Waals surface area contributed by atoms with Crippen molar-refractivity contribution in [1.82, 2.24) is 30.1 Å². The van der Waals surface area contributed by atoms with Gasteiger partial charge in [0.1, 0.15) is 5.76 Å². The summed E-state index contributed by atoms with van der Waals surface area (Å²) in [6, 6.07) is 1.86. The van der Waals surface area contributed by atoms with Gasteiger partial charge >= 0.3 is 6.03 Å². The molecule has 11 nitrogen and oxygen atoms in total. The fourth-order valence-corrected chi connectivity index (χ4v) is 5.47. The van der Waals surface area contributed by atoms with Crippen molar-refractivity contribution in [3.8, 4) is 0 Å². The van der Waals surface area contributed by atoms with Gasteiger partial charge in [0, 0.05) is 56.6 Å². The van der Waals surface area contributed by atoms with Crippen molar-refractivity contribution < 1.29 is 18.8 Å². The highest BCUT2D eigenvalue weighted by atomic mass is 16.5. The number of rotatable bonds is 4. The second-order valence-electron chi connectivity index (χ2n) is 10.2. The maximum Gasteiger partial charge on any atom is 0.321 e. The van der Waals surface area contributed by atoms with Crippen LogP contribution in [0, 0.1) is 12.8 Å². The Hall–Kier alpha value is -2.92. The van der Waals surface area contributed by atoms with E-state index in [2.05, 4.69) is 39.4 Å². The monoisotopic (exact) mass is 485 g/mol. The van der Waals surface area contributed by atoms with Crippen LogP contribution in [0.25, 0.3) is 0 Å². The number of aryl methyl sites for hydroxylation is 1. The summed E-state index contributed by atoms with van der Waals surface area (Å²) in [6.45, 7) is 12.8. The van der Waals surface area contributed by atoms with Crippen LogP contribution in [0.1, 0.15) is 67.2 Å². The summed E-state index contributed by atoms with van der Waals surface area (Å²) in [4.78, 5) is 32.6. The molecule has 0 aromatic carbocycles. The maximum atomic E-state index is 13.7. The number of H-pyrrole nitrogens is 1. The number of carbonyl (C=O) groups excluding carboxylic acids is 2. The lowest BCUT2D eigenvalue weighted by molar-refractivity contribution is 0.0127. The van der Waals surface area contributed by atoms with Gasteiger partial charge in [-0.1, -0.05) is 5.16 Å². The third-order valence-electron chi connectivity index (χ3n) is 7.65. The zero-order valence-electron chi connectivity index (χ0n) is 20.9. The topological polar surface area (TPSA) is 120 Å². The molecule has 0 saturated carbocycles. The zero-order valence-corrected chi connectivity index (χ0v) is 20.9. The van der Waals surface area contributed by atoms with E-state index in [4.69, 9.17) is 9.26 Å². The Morgan fingerprint density at radius 3 is 2.63 bits per heavy atom. The molecule has 2 saturated heterocycles. The van der Waals surface area contributed by atoms with Crippen molar-refractivity contribution in [3.63, 3.8) is 0 Å². The van der Waals surface area contributed by atoms with Crippen molar-refractivity contribution >= 4 is 17.8 Å². The summed E-state index contributed by atoms with van der Waals surface area (Å²) in [5.74, 6) is 1.27. The largest absolute Gasteiger partial charge is 0.381 e. The van der Waals surface area contributed by atoms with E-state index in [1.807, 2.05) is 16.7 Å². The van der Waals surface area contributed by atoms with Gasteiger partial charge in [-0.3, -0.25) is 14.8 Å². The summed E-state index contributed by atoms with van der Waals surface area (Å²) < 4.78 is 10.5. The molecule has 5 rings (SSSR count). The Morgan fingerprint density at radius 1 is 1.14 bits per heavy atom. The molecule has 3 amide bonds. The Morgan fingerprint density at radius 2 is 1.91 bits per heavy atom. The molecular weight excluding hydrogens is 450 g/mol. The van der Waals surface area contributed by atoms with Gasteiger partial charge in [0.05, 0.1) is 18.3 Å². The molecule has 1 unspecified atom stereocenters. The van der Waals surface area contributed by atoms with Gasteiger partial charge in [-0.15, -0.1) is 0 Å². The molecule has 2 aromatic rings. The first-order valence-electron chi connectivity index (χ1n) is 12.5. The van der Waals surface area contributed by atoms with Crippen molar-refractivity contribution in [3.05, 3.63) is 28.8 Å². The molecule has 0 spiro atoms. The molecular formula is C24H35N7O4. The van der Waals surface area contributed by atoms with E-state index >= 15 is 0 Å². The summed E-state index contributed by atoms with van der Waals surface area (Å²) in [5.41, 5.74) is 1.88. The van der Waals surface area contributed by atoms with Crippen LogP contribution in [-0.4, -0.2) is 86.9 Å². The number of nitrogens with one attached hydrogen (secondary N) is 2. The summed E-state index contributed by atoms with van der Waals surface area (Å²) in [7, 11) is 0. The fourth-order valence-electron chi connectivity index (χ4n) is 5.47. The Labute approximate surface area is 205 Å². The quantitative estimate of drug-likeness (QED) is 0.683. The highest BCUT2D eigenvalue weighted by molar-refractivity contribution is 6.02. The SMILES string of the molecule is Cc1cc(C(=O)Nc2n[nH]c3c2CN(C(=O)N2C[C@@H](C)N(CC4CCOCC4)C[C@@H]2C)C3C)no1. The van der Waals surface area contributed by atoms with E-state index < -0.39 is 5.91 Å². The van der Waals surface area contributed by atoms with E-state index in [9.17, 15) is 9.59 Å².